The number of amides is 1. The number of carbonyl (C=O) groups is 1. The average Bonchev–Trinajstić information content (AvgIpc) is 2.46. The van der Waals surface area contributed by atoms with Crippen LogP contribution in [-0.4, -0.2) is 37.5 Å². The zero-order valence-electron chi connectivity index (χ0n) is 11.9. The second kappa shape index (κ2) is 6.53. The summed E-state index contributed by atoms with van der Waals surface area (Å²) in [4.78, 5) is 12.1. The highest BCUT2D eigenvalue weighted by Gasteiger charge is 2.38. The van der Waals surface area contributed by atoms with Crippen molar-refractivity contribution in [2.45, 2.75) is 25.8 Å². The van der Waals surface area contributed by atoms with Crippen LogP contribution < -0.4 is 5.32 Å². The molecular weight excluding hydrogens is 295 g/mol. The minimum atomic E-state index is -3.51. The molecule has 0 saturated carbocycles. The summed E-state index contributed by atoms with van der Waals surface area (Å²) in [6.45, 7) is 2.44. The zero-order chi connectivity index (χ0) is 15.5. The number of halogens is 1. The van der Waals surface area contributed by atoms with E-state index in [-0.39, 0.29) is 18.2 Å². The summed E-state index contributed by atoms with van der Waals surface area (Å²) in [6.07, 6.45) is 1.32. The maximum absolute atomic E-state index is 13.0. The van der Waals surface area contributed by atoms with Crippen LogP contribution in [0.3, 0.4) is 0 Å². The van der Waals surface area contributed by atoms with Gasteiger partial charge in [-0.3, -0.25) is 4.79 Å². The van der Waals surface area contributed by atoms with Crippen LogP contribution in [0, 0.1) is 5.82 Å². The summed E-state index contributed by atoms with van der Waals surface area (Å²) in [5.41, 5.74) is 0.480. The van der Waals surface area contributed by atoms with E-state index in [1.165, 1.54) is 28.6 Å². The van der Waals surface area contributed by atoms with Gasteiger partial charge in [0.1, 0.15) is 11.9 Å². The Bertz CT molecular complexity index is 601. The van der Waals surface area contributed by atoms with Gasteiger partial charge in [-0.05, 0) is 24.1 Å². The van der Waals surface area contributed by atoms with Gasteiger partial charge < -0.3 is 5.32 Å². The van der Waals surface area contributed by atoms with Crippen LogP contribution in [0.1, 0.15) is 31.4 Å². The first-order chi connectivity index (χ1) is 9.95. The van der Waals surface area contributed by atoms with Crippen LogP contribution >= 0.6 is 0 Å². The van der Waals surface area contributed by atoms with Gasteiger partial charge in [-0.25, -0.2) is 12.8 Å². The molecule has 1 unspecified atom stereocenters. The van der Waals surface area contributed by atoms with Gasteiger partial charge in [-0.2, -0.15) is 4.31 Å². The maximum Gasteiger partial charge on any atom is 0.243 e. The molecule has 21 heavy (non-hydrogen) atoms. The second-order valence-electron chi connectivity index (χ2n) is 5.03. The van der Waals surface area contributed by atoms with Gasteiger partial charge in [0.25, 0.3) is 0 Å². The largest absolute Gasteiger partial charge is 0.353 e. The third kappa shape index (κ3) is 3.59. The molecule has 0 radical (unpaired) electrons. The quantitative estimate of drug-likeness (QED) is 0.894. The summed E-state index contributed by atoms with van der Waals surface area (Å²) < 4.78 is 39.1. The normalized spacial score (nSPS) is 20.3. The summed E-state index contributed by atoms with van der Waals surface area (Å²) in [5.74, 6) is -0.766. The number of hydrogen-bond acceptors (Lipinski definition) is 3. The summed E-state index contributed by atoms with van der Waals surface area (Å²) >= 11 is 0. The fourth-order valence-corrected chi connectivity index (χ4v) is 4.15. The molecule has 5 nitrogen and oxygen atoms in total. The summed E-state index contributed by atoms with van der Waals surface area (Å²) in [5, 5.41) is 2.66. The van der Waals surface area contributed by atoms with Crippen LogP contribution in [0.4, 0.5) is 4.39 Å². The Balaban J connectivity index is 2.33. The van der Waals surface area contributed by atoms with Gasteiger partial charge in [0.05, 0.1) is 5.75 Å². The number of carbonyl (C=O) groups excluding carboxylic acids is 1. The molecule has 1 aliphatic heterocycles. The molecule has 1 amide bonds. The molecule has 1 heterocycles. The lowest BCUT2D eigenvalue weighted by Gasteiger charge is -2.34. The molecule has 1 N–H and O–H groups in total. The van der Waals surface area contributed by atoms with E-state index in [2.05, 4.69) is 5.32 Å². The lowest BCUT2D eigenvalue weighted by molar-refractivity contribution is -0.126. The number of nitrogens with zero attached hydrogens (tertiary/aromatic N) is 1. The second-order valence-corrected chi connectivity index (χ2v) is 7.07. The van der Waals surface area contributed by atoms with Crippen molar-refractivity contribution >= 4 is 15.9 Å². The highest BCUT2D eigenvalue weighted by atomic mass is 32.2. The van der Waals surface area contributed by atoms with Crippen molar-refractivity contribution in [2.75, 3.05) is 18.8 Å². The third-order valence-electron chi connectivity index (χ3n) is 3.47. The minimum Gasteiger partial charge on any atom is -0.353 e. The molecule has 0 bridgehead atoms. The number of nitrogens with one attached hydrogen (secondary N) is 1. The molecule has 1 aromatic carbocycles. The molecule has 1 atom stereocenters. The topological polar surface area (TPSA) is 66.5 Å². The average molecular weight is 314 g/mol. The Morgan fingerprint density at radius 3 is 2.62 bits per heavy atom. The Labute approximate surface area is 124 Å². The number of sulfonamides is 1. The number of unbranched alkanes of at least 4 members (excludes halogenated alkanes) is 1. The highest BCUT2D eigenvalue weighted by molar-refractivity contribution is 7.89. The first-order valence-corrected chi connectivity index (χ1v) is 8.59. The fraction of sp³-hybridized carbons (Fsp3) is 0.500. The first-order valence-electron chi connectivity index (χ1n) is 6.98. The smallest absolute Gasteiger partial charge is 0.243 e. The van der Waals surface area contributed by atoms with E-state index in [1.54, 1.807) is 0 Å². The molecular formula is C14H19FN2O3S. The minimum absolute atomic E-state index is 0.0223. The van der Waals surface area contributed by atoms with Crippen LogP contribution in [0.5, 0.6) is 0 Å². The van der Waals surface area contributed by atoms with E-state index in [0.717, 1.165) is 6.42 Å². The van der Waals surface area contributed by atoms with E-state index in [0.29, 0.717) is 18.5 Å². The van der Waals surface area contributed by atoms with Crippen LogP contribution in [0.15, 0.2) is 24.3 Å². The fourth-order valence-electron chi connectivity index (χ4n) is 2.35. The van der Waals surface area contributed by atoms with E-state index in [4.69, 9.17) is 0 Å². The van der Waals surface area contributed by atoms with Crippen LogP contribution in [-0.2, 0) is 14.8 Å². The predicted molar refractivity (Wildman–Crippen MR) is 77.6 cm³/mol. The van der Waals surface area contributed by atoms with Crippen molar-refractivity contribution in [3.8, 4) is 0 Å². The zero-order valence-corrected chi connectivity index (χ0v) is 12.7. The maximum atomic E-state index is 13.0. The van der Waals surface area contributed by atoms with Crippen molar-refractivity contribution < 1.29 is 17.6 Å². The van der Waals surface area contributed by atoms with Gasteiger partial charge >= 0.3 is 0 Å². The van der Waals surface area contributed by atoms with Gasteiger partial charge in [-0.15, -0.1) is 0 Å². The van der Waals surface area contributed by atoms with E-state index < -0.39 is 21.9 Å². The Morgan fingerprint density at radius 2 is 2.00 bits per heavy atom. The molecule has 1 fully saturated rings. The Morgan fingerprint density at radius 1 is 1.33 bits per heavy atom. The first kappa shape index (κ1) is 15.9. The number of piperazine rings is 1. The van der Waals surface area contributed by atoms with Crippen molar-refractivity contribution in [2.24, 2.45) is 0 Å². The van der Waals surface area contributed by atoms with Crippen LogP contribution in [0.25, 0.3) is 0 Å². The molecule has 0 spiro atoms. The lowest BCUT2D eigenvalue weighted by atomic mass is 10.0. The number of benzene rings is 1. The van der Waals surface area contributed by atoms with Crippen molar-refractivity contribution in [3.05, 3.63) is 35.6 Å². The molecule has 1 saturated heterocycles. The molecule has 116 valence electrons. The standard InChI is InChI=1S/C14H19FN2O3S/c1-2-3-10-21(19,20)17-9-8-16-14(18)13(17)11-4-6-12(15)7-5-11/h4-7,13H,2-3,8-10H2,1H3,(H,16,18). The Hall–Kier alpha value is -1.47. The number of hydrogen-bond donors (Lipinski definition) is 1. The molecule has 7 heteroatoms. The van der Waals surface area contributed by atoms with Gasteiger partial charge in [0, 0.05) is 13.1 Å². The summed E-state index contributed by atoms with van der Waals surface area (Å²) in [6, 6.07) is 4.45. The molecule has 0 aromatic heterocycles. The lowest BCUT2D eigenvalue weighted by Crippen LogP contribution is -2.52. The molecule has 1 aliphatic rings. The van der Waals surface area contributed by atoms with Gasteiger partial charge in [0.15, 0.2) is 0 Å². The van der Waals surface area contributed by atoms with Crippen molar-refractivity contribution in [1.29, 1.82) is 0 Å². The monoisotopic (exact) mass is 314 g/mol. The van der Waals surface area contributed by atoms with E-state index >= 15 is 0 Å². The van der Waals surface area contributed by atoms with Crippen molar-refractivity contribution in [3.63, 3.8) is 0 Å². The molecule has 1 aromatic rings. The molecule has 0 aliphatic carbocycles. The van der Waals surface area contributed by atoms with Crippen molar-refractivity contribution in [1.82, 2.24) is 9.62 Å². The van der Waals surface area contributed by atoms with Crippen LogP contribution in [0.2, 0.25) is 0 Å². The predicted octanol–water partition coefficient (Wildman–Crippen LogP) is 1.43. The highest BCUT2D eigenvalue weighted by Crippen LogP contribution is 2.27. The number of rotatable bonds is 5. The van der Waals surface area contributed by atoms with E-state index in [1.807, 2.05) is 6.92 Å². The molecule has 2 rings (SSSR count). The van der Waals surface area contributed by atoms with E-state index in [9.17, 15) is 17.6 Å². The van der Waals surface area contributed by atoms with Gasteiger partial charge in [-0.1, -0.05) is 25.5 Å². The third-order valence-corrected chi connectivity index (χ3v) is 5.38. The SMILES string of the molecule is CCCCS(=O)(=O)N1CCNC(=O)C1c1ccc(F)cc1. The van der Waals surface area contributed by atoms with Gasteiger partial charge in [0.2, 0.25) is 15.9 Å². The summed E-state index contributed by atoms with van der Waals surface area (Å²) in [7, 11) is -3.51. The Kier molecular flexibility index (Phi) is 4.95.